The molecule has 128 valence electrons. The Hall–Kier alpha value is -1.92. The first kappa shape index (κ1) is 16.9. The number of aryl methyl sites for hydroxylation is 1. The highest BCUT2D eigenvalue weighted by atomic mass is 32.1. The molecule has 0 fully saturated rings. The number of carbonyl (C=O) groups is 1. The molecular formula is C18H24N4OS. The zero-order valence-corrected chi connectivity index (χ0v) is 15.0. The van der Waals surface area contributed by atoms with Crippen molar-refractivity contribution in [2.24, 2.45) is 0 Å². The van der Waals surface area contributed by atoms with Gasteiger partial charge < -0.3 is 10.6 Å². The quantitative estimate of drug-likeness (QED) is 0.877. The summed E-state index contributed by atoms with van der Waals surface area (Å²) in [7, 11) is 0. The number of nitrogens with zero attached hydrogens (tertiary/aromatic N) is 2. The number of aromatic nitrogens is 1. The van der Waals surface area contributed by atoms with E-state index in [4.69, 9.17) is 0 Å². The minimum atomic E-state index is -0.132. The molecular weight excluding hydrogens is 320 g/mol. The molecule has 0 bridgehead atoms. The van der Waals surface area contributed by atoms with Crippen LogP contribution in [0.1, 0.15) is 28.8 Å². The van der Waals surface area contributed by atoms with Crippen LogP contribution in [0.5, 0.6) is 0 Å². The Labute approximate surface area is 147 Å². The molecule has 24 heavy (non-hydrogen) atoms. The fraction of sp³-hybridized carbons (Fsp3) is 0.444. The van der Waals surface area contributed by atoms with Crippen molar-refractivity contribution < 1.29 is 4.79 Å². The normalized spacial score (nSPS) is 15.6. The largest absolute Gasteiger partial charge is 0.337 e. The fourth-order valence-electron chi connectivity index (χ4n) is 2.97. The van der Waals surface area contributed by atoms with E-state index >= 15 is 0 Å². The molecule has 0 saturated heterocycles. The van der Waals surface area contributed by atoms with Gasteiger partial charge in [-0.2, -0.15) is 0 Å². The number of nitrogens with one attached hydrogen (secondary N) is 2. The SMILES string of the molecule is Cc1csc(CNC(=O)NC[C@@H](C)N2CCc3ccccc3C2)n1. The van der Waals surface area contributed by atoms with Gasteiger partial charge >= 0.3 is 6.03 Å². The lowest BCUT2D eigenvalue weighted by Gasteiger charge is -2.33. The third-order valence-electron chi connectivity index (χ3n) is 4.41. The van der Waals surface area contributed by atoms with E-state index in [-0.39, 0.29) is 6.03 Å². The first-order chi connectivity index (χ1) is 11.6. The van der Waals surface area contributed by atoms with E-state index in [2.05, 4.69) is 51.7 Å². The zero-order chi connectivity index (χ0) is 16.9. The van der Waals surface area contributed by atoms with Crippen molar-refractivity contribution in [3.8, 4) is 0 Å². The van der Waals surface area contributed by atoms with Gasteiger partial charge in [0, 0.05) is 36.8 Å². The molecule has 1 atom stereocenters. The van der Waals surface area contributed by atoms with Crippen molar-refractivity contribution >= 4 is 17.4 Å². The predicted octanol–water partition coefficient (Wildman–Crippen LogP) is 2.70. The smallest absolute Gasteiger partial charge is 0.315 e. The first-order valence-electron chi connectivity index (χ1n) is 8.35. The van der Waals surface area contributed by atoms with Crippen LogP contribution in [0.3, 0.4) is 0 Å². The fourth-order valence-corrected chi connectivity index (χ4v) is 3.68. The maximum atomic E-state index is 11.9. The van der Waals surface area contributed by atoms with Crippen LogP contribution in [0, 0.1) is 6.92 Å². The summed E-state index contributed by atoms with van der Waals surface area (Å²) >= 11 is 1.57. The number of urea groups is 1. The second-order valence-corrected chi connectivity index (χ2v) is 7.23. The number of rotatable bonds is 5. The molecule has 2 amide bonds. The van der Waals surface area contributed by atoms with Crippen molar-refractivity contribution in [1.29, 1.82) is 0 Å². The maximum Gasteiger partial charge on any atom is 0.315 e. The molecule has 0 saturated carbocycles. The Morgan fingerprint density at radius 3 is 2.88 bits per heavy atom. The molecule has 1 aliphatic rings. The van der Waals surface area contributed by atoms with Crippen molar-refractivity contribution in [1.82, 2.24) is 20.5 Å². The van der Waals surface area contributed by atoms with Crippen LogP contribution in [0.2, 0.25) is 0 Å². The highest BCUT2D eigenvalue weighted by Crippen LogP contribution is 2.19. The second-order valence-electron chi connectivity index (χ2n) is 6.28. The summed E-state index contributed by atoms with van der Waals surface area (Å²) in [6.45, 7) is 7.25. The van der Waals surface area contributed by atoms with E-state index in [1.165, 1.54) is 11.1 Å². The van der Waals surface area contributed by atoms with Gasteiger partial charge in [0.2, 0.25) is 0 Å². The lowest BCUT2D eigenvalue weighted by molar-refractivity contribution is 0.185. The Balaban J connectivity index is 1.42. The van der Waals surface area contributed by atoms with E-state index in [0.717, 1.165) is 30.2 Å². The average molecular weight is 344 g/mol. The van der Waals surface area contributed by atoms with E-state index in [1.54, 1.807) is 11.3 Å². The number of thiazole rings is 1. The maximum absolute atomic E-state index is 11.9. The summed E-state index contributed by atoms with van der Waals surface area (Å²) < 4.78 is 0. The highest BCUT2D eigenvalue weighted by molar-refractivity contribution is 7.09. The van der Waals surface area contributed by atoms with Crippen LogP contribution in [0.25, 0.3) is 0 Å². The van der Waals surface area contributed by atoms with Crippen LogP contribution in [0.4, 0.5) is 4.79 Å². The highest BCUT2D eigenvalue weighted by Gasteiger charge is 2.20. The lowest BCUT2D eigenvalue weighted by atomic mass is 9.99. The molecule has 1 aliphatic heterocycles. The summed E-state index contributed by atoms with van der Waals surface area (Å²) in [5.41, 5.74) is 3.85. The third kappa shape index (κ3) is 4.33. The minimum absolute atomic E-state index is 0.132. The average Bonchev–Trinajstić information content (AvgIpc) is 3.02. The molecule has 6 heteroatoms. The molecule has 1 aromatic carbocycles. The third-order valence-corrected chi connectivity index (χ3v) is 5.37. The molecule has 5 nitrogen and oxygen atoms in total. The van der Waals surface area contributed by atoms with Crippen molar-refractivity contribution in [2.75, 3.05) is 13.1 Å². The molecule has 2 N–H and O–H groups in total. The molecule has 0 radical (unpaired) electrons. The summed E-state index contributed by atoms with van der Waals surface area (Å²) in [5, 5.41) is 8.76. The summed E-state index contributed by atoms with van der Waals surface area (Å²) in [6.07, 6.45) is 1.08. The van der Waals surface area contributed by atoms with Crippen molar-refractivity contribution in [2.45, 2.75) is 39.4 Å². The Bertz CT molecular complexity index is 700. The summed E-state index contributed by atoms with van der Waals surface area (Å²) in [5.74, 6) is 0. The van der Waals surface area contributed by atoms with Gasteiger partial charge in [0.25, 0.3) is 0 Å². The van der Waals surface area contributed by atoms with Gasteiger partial charge in [0.05, 0.1) is 6.54 Å². The first-order valence-corrected chi connectivity index (χ1v) is 9.23. The van der Waals surface area contributed by atoms with Crippen LogP contribution in [-0.2, 0) is 19.5 Å². The number of hydrogen-bond donors (Lipinski definition) is 2. The Morgan fingerprint density at radius 2 is 2.12 bits per heavy atom. The van der Waals surface area contributed by atoms with Crippen molar-refractivity contribution in [3.63, 3.8) is 0 Å². The summed E-state index contributed by atoms with van der Waals surface area (Å²) in [6, 6.07) is 8.79. The number of fused-ring (bicyclic) bond motifs is 1. The van der Waals surface area contributed by atoms with Crippen LogP contribution in [-0.4, -0.2) is 35.0 Å². The standard InChI is InChI=1S/C18H24N4OS/c1-13-12-24-17(21-13)10-20-18(23)19-9-14(2)22-8-7-15-5-3-4-6-16(15)11-22/h3-6,12,14H,7-11H2,1-2H3,(H2,19,20,23)/t14-/m1/s1. The molecule has 1 aromatic heterocycles. The van der Waals surface area contributed by atoms with Gasteiger partial charge in [-0.1, -0.05) is 24.3 Å². The molecule has 3 rings (SSSR count). The molecule has 2 heterocycles. The second kappa shape index (κ2) is 7.77. The number of amides is 2. The topological polar surface area (TPSA) is 57.3 Å². The van der Waals surface area contributed by atoms with E-state index in [0.29, 0.717) is 19.1 Å². The van der Waals surface area contributed by atoms with Crippen molar-refractivity contribution in [3.05, 3.63) is 51.5 Å². The molecule has 0 spiro atoms. The van der Waals surface area contributed by atoms with Gasteiger partial charge in [-0.15, -0.1) is 11.3 Å². The van der Waals surface area contributed by atoms with E-state index < -0.39 is 0 Å². The Morgan fingerprint density at radius 1 is 1.33 bits per heavy atom. The van der Waals surface area contributed by atoms with Crippen LogP contribution in [0.15, 0.2) is 29.6 Å². The number of hydrogen-bond acceptors (Lipinski definition) is 4. The monoisotopic (exact) mass is 344 g/mol. The van der Waals surface area contributed by atoms with Gasteiger partial charge in [0.15, 0.2) is 0 Å². The molecule has 0 aliphatic carbocycles. The zero-order valence-electron chi connectivity index (χ0n) is 14.2. The van der Waals surface area contributed by atoms with E-state index in [9.17, 15) is 4.79 Å². The van der Waals surface area contributed by atoms with E-state index in [1.807, 2.05) is 12.3 Å². The Kier molecular flexibility index (Phi) is 5.48. The van der Waals surface area contributed by atoms with Gasteiger partial charge in [-0.05, 0) is 31.4 Å². The summed E-state index contributed by atoms with van der Waals surface area (Å²) in [4.78, 5) is 18.7. The predicted molar refractivity (Wildman–Crippen MR) is 97.1 cm³/mol. The minimum Gasteiger partial charge on any atom is -0.337 e. The van der Waals surface area contributed by atoms with Crippen LogP contribution < -0.4 is 10.6 Å². The molecule has 0 unspecified atom stereocenters. The van der Waals surface area contributed by atoms with Gasteiger partial charge in [-0.25, -0.2) is 9.78 Å². The van der Waals surface area contributed by atoms with Gasteiger partial charge in [0.1, 0.15) is 5.01 Å². The number of carbonyl (C=O) groups excluding carboxylic acids is 1. The van der Waals surface area contributed by atoms with Gasteiger partial charge in [-0.3, -0.25) is 4.90 Å². The molecule has 2 aromatic rings. The lowest BCUT2D eigenvalue weighted by Crippen LogP contribution is -2.46. The number of benzene rings is 1. The van der Waals surface area contributed by atoms with Crippen LogP contribution >= 0.6 is 11.3 Å².